The summed E-state index contributed by atoms with van der Waals surface area (Å²) in [5, 5.41) is 9.20. The highest BCUT2D eigenvalue weighted by Crippen LogP contribution is 2.59. The van der Waals surface area contributed by atoms with Gasteiger partial charge in [0.2, 0.25) is 11.8 Å². The fourth-order valence-corrected chi connectivity index (χ4v) is 6.96. The molecule has 4 aliphatic rings. The molecule has 1 saturated carbocycles. The van der Waals surface area contributed by atoms with Crippen molar-refractivity contribution in [2.24, 2.45) is 11.8 Å². The quantitative estimate of drug-likeness (QED) is 0.236. The van der Waals surface area contributed by atoms with Gasteiger partial charge in [-0.25, -0.2) is 0 Å². The van der Waals surface area contributed by atoms with Gasteiger partial charge < -0.3 is 24.4 Å². The Hall–Kier alpha value is -2.19. The number of rotatable bonds is 13. The zero-order valence-electron chi connectivity index (χ0n) is 21.4. The van der Waals surface area contributed by atoms with E-state index < -0.39 is 35.6 Å². The predicted molar refractivity (Wildman–Crippen MR) is 135 cm³/mol. The van der Waals surface area contributed by atoms with Gasteiger partial charge in [-0.3, -0.25) is 14.4 Å². The number of hydrogen-bond donors (Lipinski definition) is 1. The fraction of sp³-hybridized carbons (Fsp3) is 0.750. The largest absolute Gasteiger partial charge is 0.465 e. The second-order valence-corrected chi connectivity index (χ2v) is 10.7. The van der Waals surface area contributed by atoms with Crippen LogP contribution in [0.3, 0.4) is 0 Å². The molecule has 0 aromatic carbocycles. The van der Waals surface area contributed by atoms with Gasteiger partial charge in [-0.05, 0) is 51.4 Å². The summed E-state index contributed by atoms with van der Waals surface area (Å²) in [6.45, 7) is 8.73. The third-order valence-electron chi connectivity index (χ3n) is 8.55. The summed E-state index contributed by atoms with van der Waals surface area (Å²) in [5.74, 6) is -2.05. The topological polar surface area (TPSA) is 96.4 Å². The van der Waals surface area contributed by atoms with E-state index in [1.807, 2.05) is 4.90 Å². The van der Waals surface area contributed by atoms with Crippen molar-refractivity contribution in [1.29, 1.82) is 0 Å². The zero-order chi connectivity index (χ0) is 25.7. The molecule has 3 heterocycles. The summed E-state index contributed by atoms with van der Waals surface area (Å²) in [7, 11) is 0. The van der Waals surface area contributed by atoms with Crippen molar-refractivity contribution in [3.8, 4) is 0 Å². The molecule has 0 radical (unpaired) electrons. The van der Waals surface area contributed by atoms with E-state index >= 15 is 0 Å². The fourth-order valence-electron chi connectivity index (χ4n) is 6.96. The highest BCUT2D eigenvalue weighted by atomic mass is 16.6. The van der Waals surface area contributed by atoms with Gasteiger partial charge in [0.25, 0.3) is 0 Å². The average Bonchev–Trinajstić information content (AvgIpc) is 3.53. The van der Waals surface area contributed by atoms with E-state index in [0.29, 0.717) is 45.2 Å². The highest BCUT2D eigenvalue weighted by molar-refractivity contribution is 5.98. The van der Waals surface area contributed by atoms with Crippen LogP contribution in [-0.2, 0) is 23.9 Å². The zero-order valence-corrected chi connectivity index (χ0v) is 21.4. The first-order chi connectivity index (χ1) is 17.5. The molecule has 36 heavy (non-hydrogen) atoms. The van der Waals surface area contributed by atoms with Crippen LogP contribution in [0, 0.1) is 11.8 Å². The third kappa shape index (κ3) is 4.86. The van der Waals surface area contributed by atoms with Gasteiger partial charge >= 0.3 is 5.97 Å². The lowest BCUT2D eigenvalue weighted by atomic mass is 9.70. The summed E-state index contributed by atoms with van der Waals surface area (Å²) >= 11 is 0. The molecule has 3 saturated heterocycles. The van der Waals surface area contributed by atoms with Crippen molar-refractivity contribution < 1.29 is 29.0 Å². The number of esters is 1. The number of amides is 2. The second kappa shape index (κ2) is 11.9. The lowest BCUT2D eigenvalue weighted by Gasteiger charge is -2.40. The van der Waals surface area contributed by atoms with Crippen LogP contribution in [0.5, 0.6) is 0 Å². The lowest BCUT2D eigenvalue weighted by Crippen LogP contribution is -2.58. The highest BCUT2D eigenvalue weighted by Gasteiger charge is 2.75. The molecular formula is C28H42N2O6. The molecule has 8 nitrogen and oxygen atoms in total. The first kappa shape index (κ1) is 26.9. The first-order valence-corrected chi connectivity index (χ1v) is 13.8. The molecule has 4 rings (SSSR count). The SMILES string of the molecule is C=CCCOC(=O)[C@@H]1[C@@H]2CCC3(O2)C(C(=O)N(CC=C)C2CCCCC2)N(CCCCCO)C(=O)[C@H]13. The van der Waals surface area contributed by atoms with Gasteiger partial charge in [0.1, 0.15) is 11.6 Å². The Bertz CT molecular complexity index is 840. The van der Waals surface area contributed by atoms with Crippen molar-refractivity contribution in [3.63, 3.8) is 0 Å². The minimum atomic E-state index is -0.994. The molecule has 1 N–H and O–H groups in total. The Morgan fingerprint density at radius 2 is 1.92 bits per heavy atom. The van der Waals surface area contributed by atoms with Crippen LogP contribution in [0.15, 0.2) is 25.3 Å². The molecule has 0 aromatic heterocycles. The maximum absolute atomic E-state index is 14.3. The Balaban J connectivity index is 1.64. The molecule has 1 aliphatic carbocycles. The van der Waals surface area contributed by atoms with Gasteiger partial charge in [-0.2, -0.15) is 0 Å². The van der Waals surface area contributed by atoms with Gasteiger partial charge in [0.05, 0.1) is 24.5 Å². The van der Waals surface area contributed by atoms with Crippen molar-refractivity contribution in [2.45, 2.75) is 94.4 Å². The molecule has 3 aliphatic heterocycles. The minimum Gasteiger partial charge on any atom is -0.465 e. The summed E-state index contributed by atoms with van der Waals surface area (Å²) in [6.07, 6.45) is 12.2. The molecule has 5 atom stereocenters. The van der Waals surface area contributed by atoms with Crippen LogP contribution in [0.2, 0.25) is 0 Å². The maximum atomic E-state index is 14.3. The molecule has 4 fully saturated rings. The number of likely N-dealkylation sites (tertiary alicyclic amines) is 1. The van der Waals surface area contributed by atoms with Gasteiger partial charge in [-0.15, -0.1) is 13.2 Å². The molecule has 1 spiro atoms. The van der Waals surface area contributed by atoms with Crippen LogP contribution in [0.4, 0.5) is 0 Å². The molecule has 0 aromatic rings. The monoisotopic (exact) mass is 502 g/mol. The lowest BCUT2D eigenvalue weighted by molar-refractivity contribution is -0.155. The number of ether oxygens (including phenoxy) is 2. The van der Waals surface area contributed by atoms with Gasteiger partial charge in [0, 0.05) is 25.7 Å². The third-order valence-corrected chi connectivity index (χ3v) is 8.55. The molecule has 2 bridgehead atoms. The number of carbonyl (C=O) groups excluding carboxylic acids is 3. The number of hydrogen-bond acceptors (Lipinski definition) is 6. The van der Waals surface area contributed by atoms with Crippen LogP contribution >= 0.6 is 0 Å². The van der Waals surface area contributed by atoms with E-state index in [9.17, 15) is 19.5 Å². The van der Waals surface area contributed by atoms with Crippen LogP contribution < -0.4 is 0 Å². The Kier molecular flexibility index (Phi) is 8.88. The molecule has 2 unspecified atom stereocenters. The van der Waals surface area contributed by atoms with E-state index in [2.05, 4.69) is 13.2 Å². The van der Waals surface area contributed by atoms with Gasteiger partial charge in [-0.1, -0.05) is 31.4 Å². The van der Waals surface area contributed by atoms with Crippen molar-refractivity contribution in [3.05, 3.63) is 25.3 Å². The van der Waals surface area contributed by atoms with E-state index in [4.69, 9.17) is 9.47 Å². The number of carbonyl (C=O) groups is 3. The predicted octanol–water partition coefficient (Wildman–Crippen LogP) is 2.99. The molecule has 2 amide bonds. The summed E-state index contributed by atoms with van der Waals surface area (Å²) < 4.78 is 12.0. The second-order valence-electron chi connectivity index (χ2n) is 10.7. The van der Waals surface area contributed by atoms with Crippen LogP contribution in [0.25, 0.3) is 0 Å². The van der Waals surface area contributed by atoms with Crippen molar-refractivity contribution in [1.82, 2.24) is 9.80 Å². The summed E-state index contributed by atoms with van der Waals surface area (Å²) in [5.41, 5.74) is -0.994. The number of unbranched alkanes of at least 4 members (excludes halogenated alkanes) is 2. The van der Waals surface area contributed by atoms with E-state index in [0.717, 1.165) is 32.1 Å². The molecular weight excluding hydrogens is 460 g/mol. The van der Waals surface area contributed by atoms with Gasteiger partial charge in [0.15, 0.2) is 0 Å². The summed E-state index contributed by atoms with van der Waals surface area (Å²) in [6, 6.07) is -0.619. The maximum Gasteiger partial charge on any atom is 0.312 e. The standard InChI is InChI=1S/C28H42N2O6/c1-3-5-19-35-27(34)22-21-14-15-28(36-21)23(22)25(32)30(17-10-7-11-18-31)24(28)26(33)29(16-4-2)20-12-8-6-9-13-20/h3-4,20-24,31H,1-2,5-19H2/t21-,22+,23-,24?,28?/m0/s1. The number of nitrogens with zero attached hydrogens (tertiary/aromatic N) is 2. The normalized spacial score (nSPS) is 31.4. The molecule has 8 heteroatoms. The molecule has 200 valence electrons. The summed E-state index contributed by atoms with van der Waals surface area (Å²) in [4.78, 5) is 45.0. The number of aliphatic hydroxyl groups excluding tert-OH is 1. The smallest absolute Gasteiger partial charge is 0.312 e. The average molecular weight is 503 g/mol. The van der Waals surface area contributed by atoms with E-state index in [1.54, 1.807) is 17.1 Å². The Labute approximate surface area is 214 Å². The Morgan fingerprint density at radius 1 is 1.14 bits per heavy atom. The van der Waals surface area contributed by atoms with E-state index in [1.165, 1.54) is 6.42 Å². The van der Waals surface area contributed by atoms with Crippen molar-refractivity contribution in [2.75, 3.05) is 26.3 Å². The number of aliphatic hydroxyl groups is 1. The Morgan fingerprint density at radius 3 is 2.61 bits per heavy atom. The van der Waals surface area contributed by atoms with Crippen LogP contribution in [-0.4, -0.2) is 82.8 Å². The number of fused-ring (bicyclic) bond motifs is 1. The van der Waals surface area contributed by atoms with Crippen LogP contribution in [0.1, 0.15) is 70.6 Å². The van der Waals surface area contributed by atoms with Crippen molar-refractivity contribution >= 4 is 17.8 Å². The minimum absolute atomic E-state index is 0.0823. The van der Waals surface area contributed by atoms with E-state index in [-0.39, 0.29) is 31.1 Å². The first-order valence-electron chi connectivity index (χ1n) is 13.8.